The second-order valence-corrected chi connectivity index (χ2v) is 5.49. The average Bonchev–Trinajstić information content (AvgIpc) is 2.92. The third-order valence-electron chi connectivity index (χ3n) is 3.13. The number of aromatic nitrogens is 3. The highest BCUT2D eigenvalue weighted by Crippen LogP contribution is 2.31. The first-order valence-corrected chi connectivity index (χ1v) is 7.23. The number of rotatable bonds is 4. The maximum atomic E-state index is 5.63. The van der Waals surface area contributed by atoms with Crippen LogP contribution in [0.1, 0.15) is 17.1 Å². The maximum Gasteiger partial charge on any atom is 0.262 e. The Balaban J connectivity index is 2.03. The maximum absolute atomic E-state index is 5.63. The van der Waals surface area contributed by atoms with Crippen LogP contribution in [0.25, 0.3) is 5.65 Å². The molecule has 3 heterocycles. The van der Waals surface area contributed by atoms with Crippen molar-refractivity contribution in [2.24, 2.45) is 0 Å². The normalized spacial score (nSPS) is 11.3. The van der Waals surface area contributed by atoms with Crippen LogP contribution in [0.4, 0.5) is 0 Å². The number of hydrogen-bond donors (Lipinski definition) is 1. The molecule has 5 nitrogen and oxygen atoms in total. The van der Waals surface area contributed by atoms with Crippen LogP contribution in [-0.4, -0.2) is 21.4 Å². The summed E-state index contributed by atoms with van der Waals surface area (Å²) in [6.07, 6.45) is 2.02. The first-order chi connectivity index (χ1) is 9.69. The fourth-order valence-electron chi connectivity index (χ4n) is 2.00. The van der Waals surface area contributed by atoms with Gasteiger partial charge in [-0.2, -0.15) is 0 Å². The Kier molecular flexibility index (Phi) is 3.50. The van der Waals surface area contributed by atoms with E-state index >= 15 is 0 Å². The van der Waals surface area contributed by atoms with Crippen LogP contribution < -0.4 is 5.32 Å². The van der Waals surface area contributed by atoms with Crippen molar-refractivity contribution in [2.75, 3.05) is 7.05 Å². The fourth-order valence-corrected chi connectivity index (χ4v) is 2.95. The molecule has 3 rings (SSSR count). The molecule has 1 N–H and O–H groups in total. The van der Waals surface area contributed by atoms with Gasteiger partial charge < -0.3 is 14.1 Å². The van der Waals surface area contributed by atoms with E-state index in [1.807, 2.05) is 45.3 Å². The van der Waals surface area contributed by atoms with Crippen molar-refractivity contribution >= 4 is 17.4 Å². The van der Waals surface area contributed by atoms with E-state index in [1.54, 1.807) is 0 Å². The molecule has 0 atom stereocenters. The first kappa shape index (κ1) is 13.2. The summed E-state index contributed by atoms with van der Waals surface area (Å²) in [7, 11) is 1.93. The Labute approximate surface area is 121 Å². The first-order valence-electron chi connectivity index (χ1n) is 6.41. The molecular formula is C14H16N4OS. The largest absolute Gasteiger partial charge is 0.436 e. The van der Waals surface area contributed by atoms with Gasteiger partial charge in [0.1, 0.15) is 16.4 Å². The van der Waals surface area contributed by atoms with Crippen molar-refractivity contribution in [3.05, 3.63) is 41.5 Å². The van der Waals surface area contributed by atoms with Gasteiger partial charge in [0.05, 0.1) is 11.4 Å². The minimum atomic E-state index is 0.640. The smallest absolute Gasteiger partial charge is 0.262 e. The van der Waals surface area contributed by atoms with Crippen molar-refractivity contribution < 1.29 is 4.42 Å². The quantitative estimate of drug-likeness (QED) is 0.800. The van der Waals surface area contributed by atoms with Gasteiger partial charge in [0, 0.05) is 12.7 Å². The summed E-state index contributed by atoms with van der Waals surface area (Å²) in [5, 5.41) is 4.74. The van der Waals surface area contributed by atoms with Gasteiger partial charge in [-0.15, -0.1) is 0 Å². The number of fused-ring (bicyclic) bond motifs is 1. The summed E-state index contributed by atoms with van der Waals surface area (Å²) in [4.78, 5) is 9.05. The Bertz CT molecular complexity index is 727. The van der Waals surface area contributed by atoms with E-state index in [0.717, 1.165) is 34.4 Å². The minimum absolute atomic E-state index is 0.640. The lowest BCUT2D eigenvalue weighted by Gasteiger charge is -2.02. The summed E-state index contributed by atoms with van der Waals surface area (Å²) >= 11 is 1.47. The zero-order valence-electron chi connectivity index (χ0n) is 11.7. The summed E-state index contributed by atoms with van der Waals surface area (Å²) in [5.74, 6) is 0.853. The summed E-state index contributed by atoms with van der Waals surface area (Å²) in [5.41, 5.74) is 2.97. The zero-order chi connectivity index (χ0) is 14.1. The number of pyridine rings is 1. The lowest BCUT2D eigenvalue weighted by atomic mass is 10.4. The van der Waals surface area contributed by atoms with Gasteiger partial charge in [0.25, 0.3) is 5.22 Å². The fraction of sp³-hybridized carbons (Fsp3) is 0.286. The topological polar surface area (TPSA) is 55.4 Å². The average molecular weight is 288 g/mol. The van der Waals surface area contributed by atoms with Gasteiger partial charge in [-0.05, 0) is 44.8 Å². The third kappa shape index (κ3) is 2.32. The highest BCUT2D eigenvalue weighted by molar-refractivity contribution is 7.99. The number of hydrogen-bond acceptors (Lipinski definition) is 5. The van der Waals surface area contributed by atoms with E-state index in [2.05, 4.69) is 19.7 Å². The molecule has 0 saturated heterocycles. The Hall–Kier alpha value is -1.79. The molecule has 3 aromatic heterocycles. The molecule has 0 radical (unpaired) electrons. The van der Waals surface area contributed by atoms with Crippen LogP contribution in [0.15, 0.2) is 39.1 Å². The molecule has 0 aliphatic carbocycles. The molecule has 0 aliphatic rings. The van der Waals surface area contributed by atoms with Crippen LogP contribution in [0.2, 0.25) is 0 Å². The van der Waals surface area contributed by atoms with Crippen molar-refractivity contribution in [3.8, 4) is 0 Å². The van der Waals surface area contributed by atoms with Crippen LogP contribution >= 0.6 is 11.8 Å². The molecule has 20 heavy (non-hydrogen) atoms. The summed E-state index contributed by atoms with van der Waals surface area (Å²) in [6.45, 7) is 4.61. The molecule has 0 bridgehead atoms. The molecule has 104 valence electrons. The number of oxazole rings is 1. The highest BCUT2D eigenvalue weighted by atomic mass is 32.2. The van der Waals surface area contributed by atoms with E-state index in [9.17, 15) is 0 Å². The van der Waals surface area contributed by atoms with Gasteiger partial charge in [0.2, 0.25) is 0 Å². The second kappa shape index (κ2) is 5.30. The van der Waals surface area contributed by atoms with Crippen LogP contribution in [-0.2, 0) is 6.54 Å². The van der Waals surface area contributed by atoms with Crippen molar-refractivity contribution in [1.29, 1.82) is 0 Å². The van der Waals surface area contributed by atoms with Crippen LogP contribution in [0, 0.1) is 13.8 Å². The Morgan fingerprint density at radius 2 is 2.15 bits per heavy atom. The van der Waals surface area contributed by atoms with Gasteiger partial charge in [-0.25, -0.2) is 9.97 Å². The number of imidazole rings is 1. The summed E-state index contributed by atoms with van der Waals surface area (Å²) in [6, 6.07) is 5.98. The van der Waals surface area contributed by atoms with Gasteiger partial charge >= 0.3 is 0 Å². The Morgan fingerprint density at radius 3 is 2.85 bits per heavy atom. The SMILES string of the molecule is CNCc1c(Sc2nc(C)c(C)o2)nc2ccccn12. The summed E-state index contributed by atoms with van der Waals surface area (Å²) < 4.78 is 7.71. The van der Waals surface area contributed by atoms with Crippen LogP contribution in [0.3, 0.4) is 0 Å². The lowest BCUT2D eigenvalue weighted by Crippen LogP contribution is -2.08. The molecule has 0 amide bonds. The van der Waals surface area contributed by atoms with E-state index in [4.69, 9.17) is 4.42 Å². The molecule has 0 saturated carbocycles. The van der Waals surface area contributed by atoms with E-state index < -0.39 is 0 Å². The number of nitrogens with zero attached hydrogens (tertiary/aromatic N) is 3. The predicted octanol–water partition coefficient (Wildman–Crippen LogP) is 2.81. The third-order valence-corrected chi connectivity index (χ3v) is 4.00. The number of nitrogens with one attached hydrogen (secondary N) is 1. The molecule has 0 fully saturated rings. The van der Waals surface area contributed by atoms with Crippen molar-refractivity contribution in [2.45, 2.75) is 30.6 Å². The lowest BCUT2D eigenvalue weighted by molar-refractivity contribution is 0.431. The van der Waals surface area contributed by atoms with E-state index in [0.29, 0.717) is 5.22 Å². The molecule has 3 aromatic rings. The monoisotopic (exact) mass is 288 g/mol. The van der Waals surface area contributed by atoms with Crippen molar-refractivity contribution in [3.63, 3.8) is 0 Å². The van der Waals surface area contributed by atoms with Gasteiger partial charge in [-0.3, -0.25) is 0 Å². The molecule has 0 spiro atoms. The second-order valence-electron chi connectivity index (χ2n) is 4.55. The zero-order valence-corrected chi connectivity index (χ0v) is 12.5. The molecular weight excluding hydrogens is 272 g/mol. The molecule has 0 aromatic carbocycles. The van der Waals surface area contributed by atoms with Crippen molar-refractivity contribution in [1.82, 2.24) is 19.7 Å². The number of aryl methyl sites for hydroxylation is 2. The molecule has 0 aliphatic heterocycles. The Morgan fingerprint density at radius 1 is 1.30 bits per heavy atom. The van der Waals surface area contributed by atoms with Gasteiger partial charge in [0.15, 0.2) is 0 Å². The molecule has 0 unspecified atom stereocenters. The molecule has 6 heteroatoms. The highest BCUT2D eigenvalue weighted by Gasteiger charge is 2.16. The van der Waals surface area contributed by atoms with E-state index in [-0.39, 0.29) is 0 Å². The van der Waals surface area contributed by atoms with Crippen LogP contribution in [0.5, 0.6) is 0 Å². The predicted molar refractivity (Wildman–Crippen MR) is 78.1 cm³/mol. The van der Waals surface area contributed by atoms with Gasteiger partial charge in [-0.1, -0.05) is 6.07 Å². The van der Waals surface area contributed by atoms with E-state index in [1.165, 1.54) is 11.8 Å². The standard InChI is InChI=1S/C14H16N4OS/c1-9-10(2)19-14(16-9)20-13-11(8-15-3)18-7-5-4-6-12(18)17-13/h4-7,15H,8H2,1-3H3. The minimum Gasteiger partial charge on any atom is -0.436 e.